The summed E-state index contributed by atoms with van der Waals surface area (Å²) in [7, 11) is 0. The Labute approximate surface area is 179 Å². The first-order valence-corrected chi connectivity index (χ1v) is 11.3. The molecule has 0 aromatic heterocycles. The Morgan fingerprint density at radius 3 is 1.72 bits per heavy atom. The lowest BCUT2D eigenvalue weighted by Gasteiger charge is -2.16. The van der Waals surface area contributed by atoms with Gasteiger partial charge in [-0.3, -0.25) is 4.79 Å². The maximum Gasteiger partial charge on any atom is 0.320 e. The lowest BCUT2D eigenvalue weighted by atomic mass is 10.0. The van der Waals surface area contributed by atoms with Crippen LogP contribution in [0.3, 0.4) is 0 Å². The van der Waals surface area contributed by atoms with Crippen molar-refractivity contribution in [1.29, 1.82) is 0 Å². The minimum Gasteiger partial charge on any atom is -0.480 e. The van der Waals surface area contributed by atoms with E-state index in [1.165, 1.54) is 0 Å². The fourth-order valence-corrected chi connectivity index (χ4v) is 2.77. The molecule has 0 amide bonds. The molecule has 0 aliphatic heterocycles. The van der Waals surface area contributed by atoms with Crippen LogP contribution in [0.25, 0.3) is 0 Å². The molecule has 0 fully saturated rings. The molecule has 0 unspecified atom stereocenters. The quantitative estimate of drug-likeness (QED) is 0.192. The number of allylic oxidation sites excluding steroid dienone is 10. The van der Waals surface area contributed by atoms with Gasteiger partial charge in [-0.2, -0.15) is 0 Å². The highest BCUT2D eigenvalue weighted by atomic mass is 16.4. The molecule has 2 N–H and O–H groups in total. The fourth-order valence-electron chi connectivity index (χ4n) is 2.77. The highest BCUT2D eigenvalue weighted by Crippen LogP contribution is 2.05. The molecule has 0 saturated heterocycles. The second-order valence-electron chi connectivity index (χ2n) is 7.68. The summed E-state index contributed by atoms with van der Waals surface area (Å²) in [5, 5.41) is 12.3. The number of nitrogens with one attached hydrogen (secondary N) is 1. The highest BCUT2D eigenvalue weighted by Gasteiger charge is 2.17. The van der Waals surface area contributed by atoms with Crippen LogP contribution in [0.1, 0.15) is 78.6 Å². The number of aliphatic carboxylic acids is 1. The van der Waals surface area contributed by atoms with E-state index in [0.717, 1.165) is 57.9 Å². The summed E-state index contributed by atoms with van der Waals surface area (Å²) >= 11 is 0. The first-order valence-electron chi connectivity index (χ1n) is 11.3. The van der Waals surface area contributed by atoms with E-state index in [1.54, 1.807) is 0 Å². The van der Waals surface area contributed by atoms with Crippen molar-refractivity contribution in [3.05, 3.63) is 60.8 Å². The van der Waals surface area contributed by atoms with Crippen molar-refractivity contribution >= 4 is 5.97 Å². The Bertz CT molecular complexity index is 527. The van der Waals surface area contributed by atoms with Gasteiger partial charge in [0.15, 0.2) is 0 Å². The molecule has 1 atom stereocenters. The van der Waals surface area contributed by atoms with Crippen LogP contribution in [0, 0.1) is 5.92 Å². The summed E-state index contributed by atoms with van der Waals surface area (Å²) in [6.07, 6.45) is 31.0. The van der Waals surface area contributed by atoms with Crippen molar-refractivity contribution in [3.8, 4) is 0 Å². The fraction of sp³-hybridized carbons (Fsp3) is 0.577. The molecule has 0 heterocycles. The van der Waals surface area contributed by atoms with E-state index in [2.05, 4.69) is 86.8 Å². The summed E-state index contributed by atoms with van der Waals surface area (Å²) in [6, 6.07) is -0.413. The Hall–Kier alpha value is -1.87. The predicted octanol–water partition coefficient (Wildman–Crippen LogP) is 7.00. The van der Waals surface area contributed by atoms with E-state index < -0.39 is 12.0 Å². The minimum absolute atomic E-state index is 0.393. The van der Waals surface area contributed by atoms with Crippen molar-refractivity contribution < 1.29 is 9.90 Å². The third kappa shape index (κ3) is 20.7. The van der Waals surface area contributed by atoms with Gasteiger partial charge in [0.05, 0.1) is 0 Å². The second kappa shape index (κ2) is 20.9. The molecule has 3 heteroatoms. The second-order valence-corrected chi connectivity index (χ2v) is 7.68. The minimum atomic E-state index is -0.739. The molecule has 29 heavy (non-hydrogen) atoms. The summed E-state index contributed by atoms with van der Waals surface area (Å²) in [6.45, 7) is 7.03. The van der Waals surface area contributed by atoms with Crippen molar-refractivity contribution in [1.82, 2.24) is 5.32 Å². The van der Waals surface area contributed by atoms with Crippen LogP contribution in [0.5, 0.6) is 0 Å². The van der Waals surface area contributed by atoms with Gasteiger partial charge in [-0.15, -0.1) is 0 Å². The van der Waals surface area contributed by atoms with E-state index in [1.807, 2.05) is 0 Å². The molecule has 0 aliphatic rings. The molecule has 0 spiro atoms. The number of rotatable bonds is 18. The Balaban J connectivity index is 3.60. The average molecular weight is 402 g/mol. The molecule has 0 aromatic rings. The lowest BCUT2D eigenvalue weighted by molar-refractivity contribution is -0.139. The zero-order valence-corrected chi connectivity index (χ0v) is 18.9. The number of hydrogen-bond acceptors (Lipinski definition) is 2. The SMILES string of the molecule is CC/C=C\C/C=C\C/C=C\C/C=C\C/C=C\CCCCN[C@@H](CC(C)C)C(=O)O. The van der Waals surface area contributed by atoms with Gasteiger partial charge < -0.3 is 10.4 Å². The maximum absolute atomic E-state index is 11.2. The Morgan fingerprint density at radius 2 is 1.28 bits per heavy atom. The van der Waals surface area contributed by atoms with Crippen molar-refractivity contribution in [2.45, 2.75) is 84.6 Å². The van der Waals surface area contributed by atoms with Crippen LogP contribution in [-0.4, -0.2) is 23.7 Å². The van der Waals surface area contributed by atoms with Gasteiger partial charge in [-0.25, -0.2) is 0 Å². The largest absolute Gasteiger partial charge is 0.480 e. The number of carboxylic acid groups (broad SMARTS) is 1. The summed E-state index contributed by atoms with van der Waals surface area (Å²) in [5.41, 5.74) is 0. The van der Waals surface area contributed by atoms with E-state index >= 15 is 0 Å². The first-order chi connectivity index (χ1) is 14.1. The number of unbranched alkanes of at least 4 members (excludes halogenated alkanes) is 2. The van der Waals surface area contributed by atoms with Crippen molar-refractivity contribution in [3.63, 3.8) is 0 Å². The molecular formula is C26H43NO2. The molecule has 0 saturated carbocycles. The van der Waals surface area contributed by atoms with Gasteiger partial charge in [0.25, 0.3) is 0 Å². The van der Waals surface area contributed by atoms with Crippen LogP contribution >= 0.6 is 0 Å². The number of carboxylic acids is 1. The average Bonchev–Trinajstić information content (AvgIpc) is 2.68. The van der Waals surface area contributed by atoms with Gasteiger partial charge in [-0.1, -0.05) is 81.5 Å². The van der Waals surface area contributed by atoms with E-state index in [0.29, 0.717) is 12.3 Å². The van der Waals surface area contributed by atoms with Gasteiger partial charge in [-0.05, 0) is 70.3 Å². The van der Waals surface area contributed by atoms with Gasteiger partial charge in [0.2, 0.25) is 0 Å². The summed E-state index contributed by atoms with van der Waals surface area (Å²) in [5.74, 6) is -0.346. The third-order valence-corrected chi connectivity index (χ3v) is 4.35. The molecule has 3 nitrogen and oxygen atoms in total. The zero-order valence-electron chi connectivity index (χ0n) is 18.9. The zero-order chi connectivity index (χ0) is 21.6. The summed E-state index contributed by atoms with van der Waals surface area (Å²) in [4.78, 5) is 11.2. The molecule has 0 rings (SSSR count). The number of hydrogen-bond donors (Lipinski definition) is 2. The molecule has 0 aromatic carbocycles. The standard InChI is InChI=1S/C26H43NO2/c1-4-5-6-7-8-9-10-11-12-13-14-15-16-17-18-19-20-21-22-27-25(26(28)29)23-24(2)3/h5-6,8-9,11-12,14-15,17-18,24-25,27H,4,7,10,13,16,19-23H2,1-3H3,(H,28,29)/b6-5-,9-8-,12-11-,15-14-,18-17-/t25-/m0/s1. The van der Waals surface area contributed by atoms with Crippen LogP contribution in [0.15, 0.2) is 60.8 Å². The number of carbonyl (C=O) groups is 1. The molecule has 0 bridgehead atoms. The maximum atomic E-state index is 11.2. The van der Waals surface area contributed by atoms with Crippen LogP contribution in [-0.2, 0) is 4.79 Å². The van der Waals surface area contributed by atoms with Crippen molar-refractivity contribution in [2.75, 3.05) is 6.54 Å². The topological polar surface area (TPSA) is 49.3 Å². The van der Waals surface area contributed by atoms with Gasteiger partial charge in [0.1, 0.15) is 6.04 Å². The first kappa shape index (κ1) is 27.1. The van der Waals surface area contributed by atoms with E-state index in [-0.39, 0.29) is 0 Å². The van der Waals surface area contributed by atoms with Crippen LogP contribution < -0.4 is 5.32 Å². The monoisotopic (exact) mass is 401 g/mol. The smallest absolute Gasteiger partial charge is 0.320 e. The van der Waals surface area contributed by atoms with E-state index in [4.69, 9.17) is 0 Å². The highest BCUT2D eigenvalue weighted by molar-refractivity contribution is 5.73. The lowest BCUT2D eigenvalue weighted by Crippen LogP contribution is -2.38. The normalized spacial score (nSPS) is 13.9. The summed E-state index contributed by atoms with van der Waals surface area (Å²) < 4.78 is 0. The Kier molecular flexibility index (Phi) is 19.5. The van der Waals surface area contributed by atoms with Crippen LogP contribution in [0.2, 0.25) is 0 Å². The van der Waals surface area contributed by atoms with E-state index in [9.17, 15) is 9.90 Å². The Morgan fingerprint density at radius 1 is 0.793 bits per heavy atom. The molecule has 0 aliphatic carbocycles. The van der Waals surface area contributed by atoms with Gasteiger partial charge >= 0.3 is 5.97 Å². The molecule has 0 radical (unpaired) electrons. The predicted molar refractivity (Wildman–Crippen MR) is 127 cm³/mol. The molecule has 164 valence electrons. The van der Waals surface area contributed by atoms with Crippen LogP contribution in [0.4, 0.5) is 0 Å². The van der Waals surface area contributed by atoms with Gasteiger partial charge in [0, 0.05) is 0 Å². The molecular weight excluding hydrogens is 358 g/mol. The van der Waals surface area contributed by atoms with Crippen molar-refractivity contribution in [2.24, 2.45) is 5.92 Å². The third-order valence-electron chi connectivity index (χ3n) is 4.35.